The summed E-state index contributed by atoms with van der Waals surface area (Å²) in [7, 11) is 4.85. The summed E-state index contributed by atoms with van der Waals surface area (Å²) in [5.74, 6) is 0.666. The van der Waals surface area contributed by atoms with Gasteiger partial charge in [-0.05, 0) is 56.6 Å². The third-order valence-electron chi connectivity index (χ3n) is 8.40. The first-order chi connectivity index (χ1) is 13.8. The maximum atomic E-state index is 13.3. The third-order valence-corrected chi connectivity index (χ3v) is 8.40. The van der Waals surface area contributed by atoms with E-state index in [1.807, 2.05) is 6.08 Å². The first kappa shape index (κ1) is 20.7. The Balaban J connectivity index is 1.80. The number of hydrogen-bond donors (Lipinski definition) is 0. The van der Waals surface area contributed by atoms with E-state index in [2.05, 4.69) is 26.0 Å². The molecule has 2 fully saturated rings. The summed E-state index contributed by atoms with van der Waals surface area (Å²) in [6.07, 6.45) is 11.1. The second-order valence-corrected chi connectivity index (χ2v) is 9.40. The molecular weight excluding hydrogens is 368 g/mol. The van der Waals surface area contributed by atoms with Gasteiger partial charge in [-0.1, -0.05) is 30.2 Å². The van der Waals surface area contributed by atoms with Gasteiger partial charge in [0.15, 0.2) is 17.2 Å². The molecule has 6 atom stereocenters. The molecule has 0 N–H and O–H groups in total. The molecule has 5 heteroatoms. The molecule has 0 bridgehead atoms. The summed E-state index contributed by atoms with van der Waals surface area (Å²) in [6, 6.07) is 0. The Kier molecular flexibility index (Phi) is 5.00. The fourth-order valence-corrected chi connectivity index (χ4v) is 6.98. The van der Waals surface area contributed by atoms with Gasteiger partial charge in [-0.3, -0.25) is 9.59 Å². The highest BCUT2D eigenvalue weighted by molar-refractivity contribution is 6.01. The highest BCUT2D eigenvalue weighted by Gasteiger charge is 2.69. The maximum absolute atomic E-state index is 13.3. The minimum atomic E-state index is -1.01. The van der Waals surface area contributed by atoms with Gasteiger partial charge in [-0.2, -0.15) is 0 Å². The van der Waals surface area contributed by atoms with Crippen molar-refractivity contribution in [3.05, 3.63) is 35.5 Å². The van der Waals surface area contributed by atoms with E-state index in [-0.39, 0.29) is 41.0 Å². The fourth-order valence-electron chi connectivity index (χ4n) is 6.98. The van der Waals surface area contributed by atoms with Crippen LogP contribution in [0.25, 0.3) is 0 Å². The summed E-state index contributed by atoms with van der Waals surface area (Å²) in [5, 5.41) is 0. The second kappa shape index (κ2) is 7.00. The zero-order chi connectivity index (χ0) is 21.0. The molecule has 4 aliphatic rings. The summed E-state index contributed by atoms with van der Waals surface area (Å²) in [6.45, 7) is 4.44. The van der Waals surface area contributed by atoms with E-state index in [1.165, 1.54) is 11.1 Å². The van der Waals surface area contributed by atoms with E-state index in [0.717, 1.165) is 25.7 Å². The number of fused-ring (bicyclic) bond motifs is 5. The standard InChI is InChI=1S/C24H32O5/c1-22-10-8-16(25)12-15(22)6-7-17-18(22)9-11-23(2)19(17)13-21(28-4)24(23,29-5)20(26)14-27-3/h8-10,12,17,19,21H,6-7,11,13-14H2,1-5H3/t17?,19?,21?,22-,23-,24?/m0/s1. The molecule has 0 saturated heterocycles. The Morgan fingerprint density at radius 1 is 1.24 bits per heavy atom. The maximum Gasteiger partial charge on any atom is 0.193 e. The Morgan fingerprint density at radius 3 is 2.66 bits per heavy atom. The predicted molar refractivity (Wildman–Crippen MR) is 109 cm³/mol. The molecule has 0 radical (unpaired) electrons. The third kappa shape index (κ3) is 2.57. The van der Waals surface area contributed by atoms with Gasteiger partial charge in [0.25, 0.3) is 0 Å². The smallest absolute Gasteiger partial charge is 0.193 e. The number of allylic oxidation sites excluding steroid dienone is 6. The molecule has 0 aromatic carbocycles. The lowest BCUT2D eigenvalue weighted by atomic mass is 9.51. The van der Waals surface area contributed by atoms with Crippen molar-refractivity contribution >= 4 is 11.6 Å². The SMILES string of the molecule is COCC(=O)C1(OC)C(OC)CC2C3CCC4=CC(=O)C=C[C@]4(C)C3=CC[C@@]21C. The van der Waals surface area contributed by atoms with E-state index in [0.29, 0.717) is 5.92 Å². The molecule has 29 heavy (non-hydrogen) atoms. The van der Waals surface area contributed by atoms with Crippen molar-refractivity contribution in [3.63, 3.8) is 0 Å². The van der Waals surface area contributed by atoms with Crippen molar-refractivity contribution < 1.29 is 23.8 Å². The van der Waals surface area contributed by atoms with Gasteiger partial charge >= 0.3 is 0 Å². The number of ether oxygens (including phenoxy) is 3. The van der Waals surface area contributed by atoms with Gasteiger partial charge in [0.05, 0.1) is 6.10 Å². The molecule has 0 heterocycles. The molecule has 0 aromatic rings. The van der Waals surface area contributed by atoms with Crippen LogP contribution in [0, 0.1) is 22.7 Å². The Bertz CT molecular complexity index is 823. The average molecular weight is 401 g/mol. The van der Waals surface area contributed by atoms with Crippen LogP contribution in [0.4, 0.5) is 0 Å². The minimum absolute atomic E-state index is 0.0205. The van der Waals surface area contributed by atoms with Crippen LogP contribution in [0.1, 0.15) is 39.5 Å². The number of carbonyl (C=O) groups excluding carboxylic acids is 2. The van der Waals surface area contributed by atoms with Crippen molar-refractivity contribution in [2.45, 2.75) is 51.2 Å². The molecule has 2 saturated carbocycles. The summed E-state index contributed by atoms with van der Waals surface area (Å²) in [4.78, 5) is 25.2. The van der Waals surface area contributed by atoms with Crippen molar-refractivity contribution in [3.8, 4) is 0 Å². The van der Waals surface area contributed by atoms with Crippen LogP contribution in [0.3, 0.4) is 0 Å². The minimum Gasteiger partial charge on any atom is -0.378 e. The van der Waals surface area contributed by atoms with Crippen LogP contribution in [-0.2, 0) is 23.8 Å². The molecule has 4 unspecified atom stereocenters. The Hall–Kier alpha value is -1.56. The van der Waals surface area contributed by atoms with Crippen LogP contribution < -0.4 is 0 Å². The monoisotopic (exact) mass is 400 g/mol. The lowest BCUT2D eigenvalue weighted by molar-refractivity contribution is -0.183. The van der Waals surface area contributed by atoms with Crippen LogP contribution in [0.15, 0.2) is 35.5 Å². The van der Waals surface area contributed by atoms with Gasteiger partial charge in [0.1, 0.15) is 6.61 Å². The highest BCUT2D eigenvalue weighted by Crippen LogP contribution is 2.66. The largest absolute Gasteiger partial charge is 0.378 e. The summed E-state index contributed by atoms with van der Waals surface area (Å²) >= 11 is 0. The van der Waals surface area contributed by atoms with Crippen molar-refractivity contribution in [2.75, 3.05) is 27.9 Å². The Labute approximate surface area is 173 Å². The average Bonchev–Trinajstić information content (AvgIpc) is 2.97. The zero-order valence-electron chi connectivity index (χ0n) is 18.1. The number of Topliss-reactive ketones (excluding diaryl/α,β-unsaturated/α-hetero) is 1. The van der Waals surface area contributed by atoms with Gasteiger partial charge in [0, 0.05) is 32.2 Å². The lowest BCUT2D eigenvalue weighted by Gasteiger charge is -2.54. The molecular formula is C24H32O5. The molecule has 5 nitrogen and oxygen atoms in total. The summed E-state index contributed by atoms with van der Waals surface area (Å²) in [5.41, 5.74) is 1.03. The van der Waals surface area contributed by atoms with Crippen molar-refractivity contribution in [1.29, 1.82) is 0 Å². The fraction of sp³-hybridized carbons (Fsp3) is 0.667. The predicted octanol–water partition coefficient (Wildman–Crippen LogP) is 3.44. The molecule has 0 aromatic heterocycles. The van der Waals surface area contributed by atoms with E-state index in [9.17, 15) is 9.59 Å². The second-order valence-electron chi connectivity index (χ2n) is 9.40. The van der Waals surface area contributed by atoms with Gasteiger partial charge in [-0.25, -0.2) is 0 Å². The molecule has 0 amide bonds. The van der Waals surface area contributed by atoms with Crippen molar-refractivity contribution in [1.82, 2.24) is 0 Å². The lowest BCUT2D eigenvalue weighted by Crippen LogP contribution is -2.61. The van der Waals surface area contributed by atoms with E-state index >= 15 is 0 Å². The van der Waals surface area contributed by atoms with E-state index < -0.39 is 5.60 Å². The molecule has 4 aliphatic carbocycles. The first-order valence-corrected chi connectivity index (χ1v) is 10.5. The van der Waals surface area contributed by atoms with Crippen LogP contribution in [0.2, 0.25) is 0 Å². The molecule has 0 spiro atoms. The van der Waals surface area contributed by atoms with Gasteiger partial charge in [0.2, 0.25) is 0 Å². The number of ketones is 2. The van der Waals surface area contributed by atoms with Gasteiger partial charge < -0.3 is 14.2 Å². The van der Waals surface area contributed by atoms with Crippen LogP contribution in [-0.4, -0.2) is 51.2 Å². The number of hydrogen-bond acceptors (Lipinski definition) is 5. The van der Waals surface area contributed by atoms with Crippen molar-refractivity contribution in [2.24, 2.45) is 22.7 Å². The molecule has 158 valence electrons. The summed E-state index contributed by atoms with van der Waals surface area (Å²) < 4.78 is 17.1. The quantitative estimate of drug-likeness (QED) is 0.662. The number of rotatable bonds is 5. The topological polar surface area (TPSA) is 61.8 Å². The highest BCUT2D eigenvalue weighted by atomic mass is 16.5. The van der Waals surface area contributed by atoms with Gasteiger partial charge in [-0.15, -0.1) is 0 Å². The first-order valence-electron chi connectivity index (χ1n) is 10.5. The number of methoxy groups -OCH3 is 3. The zero-order valence-corrected chi connectivity index (χ0v) is 18.1. The Morgan fingerprint density at radius 2 is 2.00 bits per heavy atom. The number of carbonyl (C=O) groups is 2. The van der Waals surface area contributed by atoms with E-state index in [1.54, 1.807) is 27.4 Å². The van der Waals surface area contributed by atoms with Crippen LogP contribution >= 0.6 is 0 Å². The normalized spacial score (nSPS) is 43.2. The van der Waals surface area contributed by atoms with Crippen LogP contribution in [0.5, 0.6) is 0 Å². The van der Waals surface area contributed by atoms with E-state index in [4.69, 9.17) is 14.2 Å². The molecule has 4 rings (SSSR count). The molecule has 0 aliphatic heterocycles.